The van der Waals surface area contributed by atoms with Crippen LogP contribution in [0, 0.1) is 0 Å². The summed E-state index contributed by atoms with van der Waals surface area (Å²) in [4.78, 5) is 0. The molecule has 0 radical (unpaired) electrons. The lowest BCUT2D eigenvalue weighted by molar-refractivity contribution is 0.274. The maximum absolute atomic E-state index is 8.86. The lowest BCUT2D eigenvalue weighted by Crippen LogP contribution is -2.35. The number of hydrogen-bond donors (Lipinski definition) is 3. The topological polar surface area (TPSA) is 67.5 Å². The molecule has 0 heterocycles. The molecule has 0 bridgehead atoms. The second-order valence-electron chi connectivity index (χ2n) is 5.14. The molecule has 1 rings (SSSR count). The first-order chi connectivity index (χ1) is 9.71. The van der Waals surface area contributed by atoms with Gasteiger partial charge in [-0.05, 0) is 43.9 Å². The van der Waals surface area contributed by atoms with Crippen molar-refractivity contribution in [2.75, 3.05) is 19.8 Å². The van der Waals surface area contributed by atoms with E-state index in [0.29, 0.717) is 12.6 Å². The van der Waals surface area contributed by atoms with Crippen LogP contribution in [0.1, 0.15) is 44.7 Å². The molecule has 1 aromatic carbocycles. The summed E-state index contributed by atoms with van der Waals surface area (Å²) in [6, 6.07) is 8.60. The molecule has 20 heavy (non-hydrogen) atoms. The summed E-state index contributed by atoms with van der Waals surface area (Å²) in [5.74, 6) is 0.903. The number of ether oxygens (including phenoxy) is 1. The van der Waals surface area contributed by atoms with Gasteiger partial charge in [0, 0.05) is 25.2 Å². The van der Waals surface area contributed by atoms with Crippen molar-refractivity contribution in [2.45, 2.75) is 45.2 Å². The fraction of sp³-hybridized carbons (Fsp3) is 0.625. The minimum Gasteiger partial charge on any atom is -0.494 e. The summed E-state index contributed by atoms with van der Waals surface area (Å²) in [6.07, 6.45) is 2.77. The predicted molar refractivity (Wildman–Crippen MR) is 82.9 cm³/mol. The number of hydrogen-bond acceptors (Lipinski definition) is 4. The first-order valence-electron chi connectivity index (χ1n) is 7.51. The molecule has 1 aromatic rings. The zero-order valence-corrected chi connectivity index (χ0v) is 12.6. The third-order valence-corrected chi connectivity index (χ3v) is 3.27. The molecular formula is C16H28N2O2. The predicted octanol–water partition coefficient (Wildman–Crippen LogP) is 2.23. The Morgan fingerprint density at radius 2 is 2.00 bits per heavy atom. The number of aliphatic hydroxyl groups excluding tert-OH is 1. The Morgan fingerprint density at radius 1 is 1.30 bits per heavy atom. The summed E-state index contributed by atoms with van der Waals surface area (Å²) in [7, 11) is 0. The molecule has 0 saturated heterocycles. The average molecular weight is 280 g/mol. The van der Waals surface area contributed by atoms with E-state index in [0.717, 1.165) is 31.6 Å². The second-order valence-corrected chi connectivity index (χ2v) is 5.14. The van der Waals surface area contributed by atoms with E-state index in [9.17, 15) is 0 Å². The first kappa shape index (κ1) is 17.0. The smallest absolute Gasteiger partial charge is 0.119 e. The highest BCUT2D eigenvalue weighted by molar-refractivity contribution is 5.29. The van der Waals surface area contributed by atoms with Gasteiger partial charge in [0.2, 0.25) is 0 Å². The van der Waals surface area contributed by atoms with Crippen LogP contribution in [-0.4, -0.2) is 30.9 Å². The fourth-order valence-electron chi connectivity index (χ4n) is 2.14. The zero-order valence-electron chi connectivity index (χ0n) is 12.6. The highest BCUT2D eigenvalue weighted by Gasteiger charge is 2.12. The van der Waals surface area contributed by atoms with Gasteiger partial charge in [-0.15, -0.1) is 0 Å². The van der Waals surface area contributed by atoms with Crippen molar-refractivity contribution in [3.63, 3.8) is 0 Å². The Kier molecular flexibility index (Phi) is 8.26. The molecule has 4 nitrogen and oxygen atoms in total. The van der Waals surface area contributed by atoms with Crippen LogP contribution in [0.5, 0.6) is 5.75 Å². The maximum Gasteiger partial charge on any atom is 0.119 e. The van der Waals surface area contributed by atoms with Crippen molar-refractivity contribution in [1.29, 1.82) is 0 Å². The molecule has 114 valence electrons. The largest absolute Gasteiger partial charge is 0.494 e. The van der Waals surface area contributed by atoms with E-state index in [4.69, 9.17) is 15.6 Å². The monoisotopic (exact) mass is 280 g/mol. The van der Waals surface area contributed by atoms with Gasteiger partial charge in [0.15, 0.2) is 0 Å². The number of aliphatic hydroxyl groups is 1. The Morgan fingerprint density at radius 3 is 2.55 bits per heavy atom. The van der Waals surface area contributed by atoms with Crippen molar-refractivity contribution < 1.29 is 9.84 Å². The summed E-state index contributed by atoms with van der Waals surface area (Å²) >= 11 is 0. The van der Waals surface area contributed by atoms with Crippen molar-refractivity contribution in [2.24, 2.45) is 5.73 Å². The van der Waals surface area contributed by atoms with Gasteiger partial charge in [0.05, 0.1) is 6.61 Å². The van der Waals surface area contributed by atoms with Crippen LogP contribution in [0.2, 0.25) is 0 Å². The first-order valence-corrected chi connectivity index (χ1v) is 7.51. The Labute approximate surface area is 122 Å². The lowest BCUT2D eigenvalue weighted by Gasteiger charge is -2.22. The highest BCUT2D eigenvalue weighted by atomic mass is 16.5. The van der Waals surface area contributed by atoms with Crippen molar-refractivity contribution in [1.82, 2.24) is 5.32 Å². The quantitative estimate of drug-likeness (QED) is 0.615. The Hall–Kier alpha value is -1.10. The summed E-state index contributed by atoms with van der Waals surface area (Å²) in [5.41, 5.74) is 7.03. The summed E-state index contributed by atoms with van der Waals surface area (Å²) < 4.78 is 5.58. The molecule has 0 aliphatic carbocycles. The molecular weight excluding hydrogens is 252 g/mol. The Balaban J connectivity index is 2.55. The molecule has 2 unspecified atom stereocenters. The fourth-order valence-corrected chi connectivity index (χ4v) is 2.14. The Bertz CT molecular complexity index is 354. The third-order valence-electron chi connectivity index (χ3n) is 3.27. The molecule has 0 aromatic heterocycles. The van der Waals surface area contributed by atoms with E-state index < -0.39 is 0 Å². The molecule has 0 saturated carbocycles. The summed E-state index contributed by atoms with van der Waals surface area (Å²) in [6.45, 7) is 5.76. The van der Waals surface area contributed by atoms with Crippen LogP contribution in [0.4, 0.5) is 0 Å². The van der Waals surface area contributed by atoms with Gasteiger partial charge >= 0.3 is 0 Å². The van der Waals surface area contributed by atoms with Crippen molar-refractivity contribution >= 4 is 0 Å². The van der Waals surface area contributed by atoms with Crippen LogP contribution < -0.4 is 15.8 Å². The molecule has 0 spiro atoms. The van der Waals surface area contributed by atoms with Gasteiger partial charge in [-0.1, -0.05) is 19.1 Å². The minimum atomic E-state index is 0.143. The van der Waals surface area contributed by atoms with E-state index >= 15 is 0 Å². The van der Waals surface area contributed by atoms with Gasteiger partial charge in [0.1, 0.15) is 5.75 Å². The van der Waals surface area contributed by atoms with E-state index in [2.05, 4.69) is 31.3 Å². The van der Waals surface area contributed by atoms with Crippen LogP contribution >= 0.6 is 0 Å². The minimum absolute atomic E-state index is 0.143. The third kappa shape index (κ3) is 5.90. The molecule has 0 aliphatic heterocycles. The average Bonchev–Trinajstić information content (AvgIpc) is 2.49. The van der Waals surface area contributed by atoms with Gasteiger partial charge in [-0.3, -0.25) is 0 Å². The van der Waals surface area contributed by atoms with Crippen LogP contribution in [-0.2, 0) is 0 Å². The zero-order chi connectivity index (χ0) is 14.8. The number of nitrogens with two attached hydrogens (primary N) is 1. The number of nitrogens with one attached hydrogen (secondary N) is 1. The lowest BCUT2D eigenvalue weighted by atomic mass is 10.0. The van der Waals surface area contributed by atoms with Crippen LogP contribution in [0.3, 0.4) is 0 Å². The van der Waals surface area contributed by atoms with Crippen molar-refractivity contribution in [3.8, 4) is 5.75 Å². The van der Waals surface area contributed by atoms with Crippen molar-refractivity contribution in [3.05, 3.63) is 29.8 Å². The number of rotatable bonds is 10. The second kappa shape index (κ2) is 9.75. The van der Waals surface area contributed by atoms with Gasteiger partial charge in [-0.2, -0.15) is 0 Å². The molecule has 4 N–H and O–H groups in total. The standard InChI is InChI=1S/C16H28N2O2/c1-3-11-20-15-8-6-14(7-9-15)16(12-17)18-13(2)5-4-10-19/h6-9,13,16,18-19H,3-5,10-12,17H2,1-2H3. The van der Waals surface area contributed by atoms with Gasteiger partial charge in [-0.25, -0.2) is 0 Å². The normalized spacial score (nSPS) is 14.0. The van der Waals surface area contributed by atoms with E-state index in [1.807, 2.05) is 12.1 Å². The SMILES string of the molecule is CCCOc1ccc(C(CN)NC(C)CCCO)cc1. The van der Waals surface area contributed by atoms with Gasteiger partial charge < -0.3 is 20.9 Å². The molecule has 4 heteroatoms. The van der Waals surface area contributed by atoms with Crippen LogP contribution in [0.25, 0.3) is 0 Å². The van der Waals surface area contributed by atoms with E-state index in [-0.39, 0.29) is 12.6 Å². The van der Waals surface area contributed by atoms with E-state index in [1.54, 1.807) is 0 Å². The molecule has 0 amide bonds. The molecule has 0 fully saturated rings. The highest BCUT2D eigenvalue weighted by Crippen LogP contribution is 2.18. The number of benzene rings is 1. The van der Waals surface area contributed by atoms with E-state index in [1.165, 1.54) is 5.56 Å². The molecule has 0 aliphatic rings. The maximum atomic E-state index is 8.86. The van der Waals surface area contributed by atoms with Gasteiger partial charge in [0.25, 0.3) is 0 Å². The van der Waals surface area contributed by atoms with Crippen LogP contribution in [0.15, 0.2) is 24.3 Å². The molecule has 2 atom stereocenters. The summed E-state index contributed by atoms with van der Waals surface area (Å²) in [5, 5.41) is 12.4.